The predicted octanol–water partition coefficient (Wildman–Crippen LogP) is 3.56. The zero-order chi connectivity index (χ0) is 22.9. The molecule has 9 nitrogen and oxygen atoms in total. The molecule has 0 saturated carbocycles. The second-order valence-corrected chi connectivity index (χ2v) is 6.77. The van der Waals surface area contributed by atoms with Gasteiger partial charge in [0.1, 0.15) is 12.4 Å². The van der Waals surface area contributed by atoms with Gasteiger partial charge in [-0.2, -0.15) is 0 Å². The maximum absolute atomic E-state index is 12.4. The van der Waals surface area contributed by atoms with E-state index >= 15 is 0 Å². The quantitative estimate of drug-likeness (QED) is 0.381. The summed E-state index contributed by atoms with van der Waals surface area (Å²) in [6, 6.07) is 13.4. The Labute approximate surface area is 185 Å². The molecule has 0 fully saturated rings. The number of methoxy groups -OCH3 is 2. The average Bonchev–Trinajstić information content (AvgIpc) is 2.83. The Morgan fingerprint density at radius 1 is 1.09 bits per heavy atom. The zero-order valence-corrected chi connectivity index (χ0v) is 17.7. The molecule has 0 bridgehead atoms. The highest BCUT2D eigenvalue weighted by molar-refractivity contribution is 5.94. The van der Waals surface area contributed by atoms with Gasteiger partial charge >= 0.3 is 0 Å². The van der Waals surface area contributed by atoms with Crippen LogP contribution in [0.4, 0.5) is 5.69 Å². The first-order chi connectivity index (χ1) is 15.5. The summed E-state index contributed by atoms with van der Waals surface area (Å²) in [6.45, 7) is 0.595. The van der Waals surface area contributed by atoms with Crippen LogP contribution in [0.2, 0.25) is 0 Å². The van der Waals surface area contributed by atoms with Gasteiger partial charge in [0.25, 0.3) is 11.6 Å². The highest BCUT2D eigenvalue weighted by Gasteiger charge is 2.19. The van der Waals surface area contributed by atoms with Crippen molar-refractivity contribution in [3.05, 3.63) is 87.7 Å². The van der Waals surface area contributed by atoms with Crippen molar-refractivity contribution in [2.75, 3.05) is 20.8 Å². The van der Waals surface area contributed by atoms with E-state index in [4.69, 9.17) is 14.2 Å². The lowest BCUT2D eigenvalue weighted by molar-refractivity contribution is -0.385. The first-order valence-corrected chi connectivity index (χ1v) is 9.81. The molecule has 1 heterocycles. The zero-order valence-electron chi connectivity index (χ0n) is 17.7. The summed E-state index contributed by atoms with van der Waals surface area (Å²) in [4.78, 5) is 27.4. The Morgan fingerprint density at radius 3 is 2.44 bits per heavy atom. The number of aromatic nitrogens is 1. The summed E-state index contributed by atoms with van der Waals surface area (Å²) in [7, 11) is 2.87. The third-order valence-corrected chi connectivity index (χ3v) is 4.71. The molecule has 1 amide bonds. The Morgan fingerprint density at radius 2 is 1.81 bits per heavy atom. The second kappa shape index (κ2) is 10.8. The molecule has 3 aromatic rings. The van der Waals surface area contributed by atoms with Gasteiger partial charge in [-0.05, 0) is 42.8 Å². The van der Waals surface area contributed by atoms with Crippen molar-refractivity contribution in [3.63, 3.8) is 0 Å². The summed E-state index contributed by atoms with van der Waals surface area (Å²) < 4.78 is 16.0. The molecule has 0 aliphatic heterocycles. The van der Waals surface area contributed by atoms with Gasteiger partial charge in [-0.3, -0.25) is 19.9 Å². The van der Waals surface area contributed by atoms with E-state index in [2.05, 4.69) is 10.3 Å². The van der Waals surface area contributed by atoms with E-state index in [1.165, 1.54) is 20.3 Å². The summed E-state index contributed by atoms with van der Waals surface area (Å²) in [5.41, 5.74) is 1.75. The van der Waals surface area contributed by atoms with Gasteiger partial charge in [-0.25, -0.2) is 0 Å². The number of pyridine rings is 1. The summed E-state index contributed by atoms with van der Waals surface area (Å²) in [5.74, 6) is 1.01. The lowest BCUT2D eigenvalue weighted by atomic mass is 10.1. The van der Waals surface area contributed by atoms with Gasteiger partial charge < -0.3 is 19.5 Å². The van der Waals surface area contributed by atoms with Crippen molar-refractivity contribution in [1.82, 2.24) is 10.3 Å². The molecule has 0 radical (unpaired) electrons. The Bertz CT molecular complexity index is 1070. The van der Waals surface area contributed by atoms with E-state index in [9.17, 15) is 14.9 Å². The Balaban J connectivity index is 1.57. The minimum atomic E-state index is -0.483. The highest BCUT2D eigenvalue weighted by Crippen LogP contribution is 2.34. The lowest BCUT2D eigenvalue weighted by Gasteiger charge is -2.11. The van der Waals surface area contributed by atoms with Crippen LogP contribution in [0, 0.1) is 10.1 Å². The van der Waals surface area contributed by atoms with Crippen LogP contribution in [0.15, 0.2) is 60.9 Å². The smallest absolute Gasteiger partial charge is 0.276 e. The van der Waals surface area contributed by atoms with E-state index in [1.54, 1.807) is 42.7 Å². The number of nitrogens with one attached hydrogen (secondary N) is 1. The van der Waals surface area contributed by atoms with E-state index in [0.29, 0.717) is 29.2 Å². The van der Waals surface area contributed by atoms with Gasteiger partial charge in [0.05, 0.1) is 25.2 Å². The van der Waals surface area contributed by atoms with Crippen LogP contribution < -0.4 is 19.5 Å². The minimum Gasteiger partial charge on any atom is -0.493 e. The van der Waals surface area contributed by atoms with Gasteiger partial charge in [-0.1, -0.05) is 6.07 Å². The Hall–Kier alpha value is -4.14. The number of ether oxygens (including phenoxy) is 3. The molecule has 0 unspecified atom stereocenters. The van der Waals surface area contributed by atoms with Crippen molar-refractivity contribution in [3.8, 4) is 17.2 Å². The molecule has 1 N–H and O–H groups in total. The molecule has 166 valence electrons. The molecule has 0 aliphatic carbocycles. The maximum atomic E-state index is 12.4. The number of carbonyl (C=O) groups is 1. The van der Waals surface area contributed by atoms with E-state index in [-0.39, 0.29) is 30.3 Å². The molecule has 32 heavy (non-hydrogen) atoms. The molecule has 0 spiro atoms. The number of nitro benzene ring substituents is 1. The number of carbonyl (C=O) groups excluding carboxylic acids is 1. The van der Waals surface area contributed by atoms with Crippen LogP contribution in [-0.4, -0.2) is 36.6 Å². The van der Waals surface area contributed by atoms with Crippen LogP contribution >= 0.6 is 0 Å². The maximum Gasteiger partial charge on any atom is 0.276 e. The number of nitrogens with zero attached hydrogens (tertiary/aromatic N) is 2. The lowest BCUT2D eigenvalue weighted by Crippen LogP contribution is -2.25. The first kappa shape index (κ1) is 22.5. The van der Waals surface area contributed by atoms with Crippen LogP contribution in [0.25, 0.3) is 0 Å². The topological polar surface area (TPSA) is 113 Å². The standard InChI is InChI=1S/C23H23N3O6/c1-30-21-12-18(20(26(28)29)13-22(21)31-2)9-11-25-23(27)17-5-7-19(8-6-17)32-15-16-4-3-10-24-14-16/h3-8,10,12-14H,9,11,15H2,1-2H3,(H,25,27). The third kappa shape index (κ3) is 5.72. The van der Waals surface area contributed by atoms with Crippen molar-refractivity contribution in [2.45, 2.75) is 13.0 Å². The number of rotatable bonds is 10. The number of nitro groups is 1. The van der Waals surface area contributed by atoms with Crippen LogP contribution in [0.3, 0.4) is 0 Å². The molecule has 2 aromatic carbocycles. The SMILES string of the molecule is COc1cc(CCNC(=O)c2ccc(OCc3cccnc3)cc2)c([N+](=O)[O-])cc1OC. The molecule has 0 atom stereocenters. The summed E-state index contributed by atoms with van der Waals surface area (Å²) in [6.07, 6.45) is 3.68. The van der Waals surface area contributed by atoms with Gasteiger partial charge in [0.2, 0.25) is 0 Å². The first-order valence-electron chi connectivity index (χ1n) is 9.81. The number of hydrogen-bond acceptors (Lipinski definition) is 7. The van der Waals surface area contributed by atoms with Gasteiger partial charge in [0, 0.05) is 35.6 Å². The van der Waals surface area contributed by atoms with E-state index < -0.39 is 4.92 Å². The fraction of sp³-hybridized carbons (Fsp3) is 0.217. The molecule has 0 saturated heterocycles. The highest BCUT2D eigenvalue weighted by atomic mass is 16.6. The normalized spacial score (nSPS) is 10.3. The fourth-order valence-corrected chi connectivity index (χ4v) is 3.05. The molecule has 1 aromatic heterocycles. The molecular weight excluding hydrogens is 414 g/mol. The monoisotopic (exact) mass is 437 g/mol. The minimum absolute atomic E-state index is 0.0907. The van der Waals surface area contributed by atoms with Crippen LogP contribution in [-0.2, 0) is 13.0 Å². The van der Waals surface area contributed by atoms with Crippen molar-refractivity contribution in [2.24, 2.45) is 0 Å². The van der Waals surface area contributed by atoms with Crippen molar-refractivity contribution in [1.29, 1.82) is 0 Å². The largest absolute Gasteiger partial charge is 0.493 e. The van der Waals surface area contributed by atoms with Crippen molar-refractivity contribution < 1.29 is 23.9 Å². The van der Waals surface area contributed by atoms with Crippen molar-refractivity contribution >= 4 is 11.6 Å². The fourth-order valence-electron chi connectivity index (χ4n) is 3.05. The Kier molecular flexibility index (Phi) is 7.58. The van der Waals surface area contributed by atoms with Crippen LogP contribution in [0.1, 0.15) is 21.5 Å². The van der Waals surface area contributed by atoms with Crippen LogP contribution in [0.5, 0.6) is 17.2 Å². The second-order valence-electron chi connectivity index (χ2n) is 6.77. The van der Waals surface area contributed by atoms with E-state index in [0.717, 1.165) is 5.56 Å². The molecule has 3 rings (SSSR count). The molecule has 9 heteroatoms. The van der Waals surface area contributed by atoms with Gasteiger partial charge in [0.15, 0.2) is 11.5 Å². The van der Waals surface area contributed by atoms with Gasteiger partial charge in [-0.15, -0.1) is 0 Å². The van der Waals surface area contributed by atoms with E-state index in [1.807, 2.05) is 12.1 Å². The number of benzene rings is 2. The predicted molar refractivity (Wildman–Crippen MR) is 117 cm³/mol. The average molecular weight is 437 g/mol. The number of hydrogen-bond donors (Lipinski definition) is 1. The molecular formula is C23H23N3O6. The summed E-state index contributed by atoms with van der Waals surface area (Å²) in [5, 5.41) is 14.2. The third-order valence-electron chi connectivity index (χ3n) is 4.71. The molecule has 0 aliphatic rings. The summed E-state index contributed by atoms with van der Waals surface area (Å²) >= 11 is 0. The number of amides is 1.